The van der Waals surface area contributed by atoms with Crippen molar-refractivity contribution in [3.05, 3.63) is 22.2 Å². The molecule has 0 aromatic carbocycles. The highest BCUT2D eigenvalue weighted by Crippen LogP contribution is 1.99. The fourth-order valence-electron chi connectivity index (χ4n) is 0.761. The Balaban J connectivity index is 2.96. The first-order chi connectivity index (χ1) is 6.06. The van der Waals surface area contributed by atoms with Gasteiger partial charge in [0.05, 0.1) is 13.2 Å². The molecule has 0 fully saturated rings. The fourth-order valence-corrected chi connectivity index (χ4v) is 0.761. The predicted octanol–water partition coefficient (Wildman–Crippen LogP) is -0.388. The van der Waals surface area contributed by atoms with E-state index in [-0.39, 0.29) is 11.3 Å². The molecule has 6 nitrogen and oxygen atoms in total. The Bertz CT molecular complexity index is 365. The molecular weight excluding hydrogens is 176 g/mol. The van der Waals surface area contributed by atoms with Crippen molar-refractivity contribution in [2.24, 2.45) is 7.05 Å². The summed E-state index contributed by atoms with van der Waals surface area (Å²) in [5.74, 6) is -0.544. The average Bonchev–Trinajstić information content (AvgIpc) is 2.44. The molecule has 1 amide bonds. The van der Waals surface area contributed by atoms with E-state index in [1.807, 2.05) is 0 Å². The maximum Gasteiger partial charge on any atom is 0.315 e. The van der Waals surface area contributed by atoms with Crippen molar-refractivity contribution in [1.29, 1.82) is 0 Å². The molecule has 0 bridgehead atoms. The molecular formula is C7H10N2O4. The zero-order valence-electron chi connectivity index (χ0n) is 7.60. The highest BCUT2D eigenvalue weighted by molar-refractivity contribution is 5.90. The molecule has 1 aromatic rings. The molecule has 1 rings (SSSR count). The molecule has 0 N–H and O–H groups in total. The summed E-state index contributed by atoms with van der Waals surface area (Å²) >= 11 is 0. The van der Waals surface area contributed by atoms with E-state index >= 15 is 0 Å². The van der Waals surface area contributed by atoms with Crippen LogP contribution >= 0.6 is 0 Å². The van der Waals surface area contributed by atoms with Crippen LogP contribution in [0.5, 0.6) is 0 Å². The molecule has 0 spiro atoms. The minimum Gasteiger partial charge on any atom is -0.371 e. The minimum absolute atomic E-state index is 0.0446. The van der Waals surface area contributed by atoms with E-state index in [0.717, 1.165) is 15.9 Å². The molecule has 0 saturated heterocycles. The summed E-state index contributed by atoms with van der Waals surface area (Å²) < 4.78 is 5.80. The van der Waals surface area contributed by atoms with E-state index in [1.54, 1.807) is 0 Å². The summed E-state index contributed by atoms with van der Waals surface area (Å²) in [5.41, 5.74) is -0.368. The lowest BCUT2D eigenvalue weighted by Gasteiger charge is -2.10. The molecule has 0 aliphatic heterocycles. The van der Waals surface area contributed by atoms with Gasteiger partial charge in [-0.1, -0.05) is 0 Å². The summed E-state index contributed by atoms with van der Waals surface area (Å²) in [7, 11) is 4.19. The lowest BCUT2D eigenvalue weighted by atomic mass is 10.4. The number of hydrogen-bond donors (Lipinski definition) is 0. The Morgan fingerprint density at radius 2 is 2.31 bits per heavy atom. The van der Waals surface area contributed by atoms with Gasteiger partial charge >= 0.3 is 5.91 Å². The summed E-state index contributed by atoms with van der Waals surface area (Å²) in [6.07, 6.45) is 0. The Labute approximate surface area is 74.2 Å². The van der Waals surface area contributed by atoms with Crippen LogP contribution in [0.15, 0.2) is 15.4 Å². The van der Waals surface area contributed by atoms with Crippen molar-refractivity contribution >= 4 is 5.91 Å². The van der Waals surface area contributed by atoms with Gasteiger partial charge in [-0.3, -0.25) is 14.4 Å². The number of hydroxylamine groups is 2. The quantitative estimate of drug-likeness (QED) is 0.590. The van der Waals surface area contributed by atoms with Gasteiger partial charge in [0.2, 0.25) is 5.76 Å². The molecule has 6 heteroatoms. The highest BCUT2D eigenvalue weighted by Gasteiger charge is 2.16. The number of aryl methyl sites for hydroxylation is 1. The van der Waals surface area contributed by atoms with Crippen molar-refractivity contribution in [2.45, 2.75) is 0 Å². The van der Waals surface area contributed by atoms with Crippen LogP contribution in [0.25, 0.3) is 0 Å². The number of amides is 1. The summed E-state index contributed by atoms with van der Waals surface area (Å²) in [6.45, 7) is 0. The van der Waals surface area contributed by atoms with E-state index < -0.39 is 5.91 Å². The number of nitrogens with zero attached hydrogens (tertiary/aromatic N) is 2. The highest BCUT2D eigenvalue weighted by atomic mass is 16.7. The van der Waals surface area contributed by atoms with Crippen LogP contribution in [0.1, 0.15) is 10.6 Å². The van der Waals surface area contributed by atoms with Crippen molar-refractivity contribution in [3.63, 3.8) is 0 Å². The third kappa shape index (κ3) is 1.78. The van der Waals surface area contributed by atoms with Crippen molar-refractivity contribution in [3.8, 4) is 0 Å². The zero-order valence-corrected chi connectivity index (χ0v) is 7.60. The second-order valence-corrected chi connectivity index (χ2v) is 2.42. The lowest BCUT2D eigenvalue weighted by Crippen LogP contribution is -2.25. The van der Waals surface area contributed by atoms with Crippen LogP contribution < -0.4 is 5.56 Å². The first kappa shape index (κ1) is 9.53. The van der Waals surface area contributed by atoms with Gasteiger partial charge in [-0.15, -0.1) is 0 Å². The molecule has 0 unspecified atom stereocenters. The molecule has 0 saturated carbocycles. The van der Waals surface area contributed by atoms with E-state index in [0.29, 0.717) is 0 Å². The molecule has 1 heterocycles. The van der Waals surface area contributed by atoms with Crippen LogP contribution in [0.2, 0.25) is 0 Å². The van der Waals surface area contributed by atoms with Crippen LogP contribution in [0.4, 0.5) is 0 Å². The molecule has 0 aliphatic carbocycles. The second-order valence-electron chi connectivity index (χ2n) is 2.42. The maximum atomic E-state index is 11.3. The molecule has 0 radical (unpaired) electrons. The first-order valence-corrected chi connectivity index (χ1v) is 3.55. The van der Waals surface area contributed by atoms with Gasteiger partial charge in [-0.2, -0.15) is 4.74 Å². The van der Waals surface area contributed by atoms with Gasteiger partial charge in [0.25, 0.3) is 5.56 Å². The van der Waals surface area contributed by atoms with Gasteiger partial charge in [-0.05, 0) is 0 Å². The van der Waals surface area contributed by atoms with Crippen LogP contribution in [0, 0.1) is 0 Å². The fraction of sp³-hybridized carbons (Fsp3) is 0.429. The van der Waals surface area contributed by atoms with Gasteiger partial charge in [0.15, 0.2) is 0 Å². The molecule has 13 heavy (non-hydrogen) atoms. The first-order valence-electron chi connectivity index (χ1n) is 3.55. The monoisotopic (exact) mass is 186 g/mol. The number of carbonyl (C=O) groups excluding carboxylic acids is 1. The second kappa shape index (κ2) is 3.44. The standard InChI is InChI=1S/C7H10N2O4/c1-8-6(10)4-5(13-8)7(11)9(2)12-3/h4H,1-3H3. The van der Waals surface area contributed by atoms with Crippen LogP contribution in [-0.4, -0.2) is 29.9 Å². The Morgan fingerprint density at radius 1 is 1.69 bits per heavy atom. The van der Waals surface area contributed by atoms with Gasteiger partial charge < -0.3 is 4.52 Å². The summed E-state index contributed by atoms with van der Waals surface area (Å²) in [4.78, 5) is 26.8. The molecule has 1 aromatic heterocycles. The topological polar surface area (TPSA) is 64.7 Å². The maximum absolute atomic E-state index is 11.3. The molecule has 0 aliphatic rings. The number of hydrogen-bond acceptors (Lipinski definition) is 4. The van der Waals surface area contributed by atoms with Crippen LogP contribution in [0.3, 0.4) is 0 Å². The minimum atomic E-state index is -0.500. The third-order valence-electron chi connectivity index (χ3n) is 1.57. The predicted molar refractivity (Wildman–Crippen MR) is 43.1 cm³/mol. The Kier molecular flexibility index (Phi) is 2.52. The third-order valence-corrected chi connectivity index (χ3v) is 1.57. The lowest BCUT2D eigenvalue weighted by molar-refractivity contribution is -0.0780. The van der Waals surface area contributed by atoms with Gasteiger partial charge in [0, 0.05) is 14.1 Å². The zero-order chi connectivity index (χ0) is 10.0. The molecule has 72 valence electrons. The summed E-state index contributed by atoms with van der Waals surface area (Å²) in [6, 6.07) is 1.11. The normalized spacial score (nSPS) is 10.1. The number of rotatable bonds is 2. The van der Waals surface area contributed by atoms with Gasteiger partial charge in [0.1, 0.15) is 0 Å². The van der Waals surface area contributed by atoms with Crippen molar-refractivity contribution < 1.29 is 14.2 Å². The Hall–Kier alpha value is -1.56. The van der Waals surface area contributed by atoms with Gasteiger partial charge in [-0.25, -0.2) is 5.06 Å². The van der Waals surface area contributed by atoms with E-state index in [4.69, 9.17) is 4.52 Å². The number of aromatic nitrogens is 1. The number of carbonyl (C=O) groups is 1. The van der Waals surface area contributed by atoms with E-state index in [2.05, 4.69) is 4.84 Å². The SMILES string of the molecule is CON(C)C(=O)c1cc(=O)n(C)o1. The smallest absolute Gasteiger partial charge is 0.315 e. The largest absolute Gasteiger partial charge is 0.371 e. The average molecular weight is 186 g/mol. The van der Waals surface area contributed by atoms with E-state index in [1.165, 1.54) is 21.2 Å². The van der Waals surface area contributed by atoms with Crippen molar-refractivity contribution in [2.75, 3.05) is 14.2 Å². The van der Waals surface area contributed by atoms with Crippen LogP contribution in [-0.2, 0) is 11.9 Å². The Morgan fingerprint density at radius 3 is 2.69 bits per heavy atom. The van der Waals surface area contributed by atoms with E-state index in [9.17, 15) is 9.59 Å². The molecule has 0 atom stereocenters. The summed E-state index contributed by atoms with van der Waals surface area (Å²) in [5, 5.41) is 0.971. The van der Waals surface area contributed by atoms with Crippen molar-refractivity contribution in [1.82, 2.24) is 9.80 Å².